The van der Waals surface area contributed by atoms with Gasteiger partial charge in [0.2, 0.25) is 0 Å². The van der Waals surface area contributed by atoms with Gasteiger partial charge in [-0.25, -0.2) is 4.68 Å². The molecule has 27 heavy (non-hydrogen) atoms. The van der Waals surface area contributed by atoms with Gasteiger partial charge in [-0.2, -0.15) is 5.10 Å². The molecule has 1 aliphatic carbocycles. The summed E-state index contributed by atoms with van der Waals surface area (Å²) in [6.07, 6.45) is 15.2. The molecule has 0 unspecified atom stereocenters. The van der Waals surface area contributed by atoms with Crippen LogP contribution in [0.15, 0.2) is 53.8 Å². The van der Waals surface area contributed by atoms with Gasteiger partial charge >= 0.3 is 0 Å². The Kier molecular flexibility index (Phi) is 5.19. The molecule has 3 heterocycles. The molecule has 0 saturated heterocycles. The van der Waals surface area contributed by atoms with Gasteiger partial charge in [0.1, 0.15) is 0 Å². The topological polar surface area (TPSA) is 52.7 Å². The van der Waals surface area contributed by atoms with Crippen molar-refractivity contribution in [1.82, 2.24) is 19.3 Å². The number of aryl methyl sites for hydroxylation is 1. The molecular weight excluding hydrogens is 336 g/mol. The summed E-state index contributed by atoms with van der Waals surface area (Å²) in [5.41, 5.74) is 4.14. The van der Waals surface area contributed by atoms with Gasteiger partial charge in [-0.05, 0) is 36.5 Å². The second kappa shape index (κ2) is 7.91. The van der Waals surface area contributed by atoms with Crippen LogP contribution in [0.2, 0.25) is 0 Å². The number of pyridine rings is 2. The Morgan fingerprint density at radius 1 is 1.07 bits per heavy atom. The molecule has 0 bridgehead atoms. The van der Waals surface area contributed by atoms with E-state index < -0.39 is 0 Å². The number of hydrogen-bond donors (Lipinski definition) is 0. The maximum Gasteiger partial charge on any atom is 0.250 e. The molecule has 140 valence electrons. The maximum absolute atomic E-state index is 11.9. The highest BCUT2D eigenvalue weighted by Crippen LogP contribution is 2.28. The number of hydrogen-bond acceptors (Lipinski definition) is 3. The van der Waals surface area contributed by atoms with Crippen LogP contribution < -0.4 is 5.56 Å². The molecule has 1 fully saturated rings. The lowest BCUT2D eigenvalue weighted by Gasteiger charge is -2.08. The Morgan fingerprint density at radius 2 is 1.93 bits per heavy atom. The first-order valence-corrected chi connectivity index (χ1v) is 9.94. The molecule has 0 atom stereocenters. The van der Waals surface area contributed by atoms with Crippen LogP contribution in [0.25, 0.3) is 16.9 Å². The highest BCUT2D eigenvalue weighted by Gasteiger charge is 2.15. The first-order chi connectivity index (χ1) is 13.2. The third kappa shape index (κ3) is 4.02. The van der Waals surface area contributed by atoms with E-state index >= 15 is 0 Å². The van der Waals surface area contributed by atoms with Crippen molar-refractivity contribution in [3.63, 3.8) is 0 Å². The zero-order valence-corrected chi connectivity index (χ0v) is 15.8. The summed E-state index contributed by atoms with van der Waals surface area (Å²) in [5, 5.41) is 4.46. The van der Waals surface area contributed by atoms with Crippen LogP contribution in [-0.4, -0.2) is 19.3 Å². The standard InChI is InChI=1S/C22H26N4O/c1-2-11-25-16-20(8-10-22(25)27)26-15-19(14-24-26)21-9-7-18(13-23-21)12-17-5-3-4-6-17/h7-10,13-17H,2-6,11-12H2,1H3. The Bertz CT molecular complexity index is 949. The van der Waals surface area contributed by atoms with Gasteiger partial charge < -0.3 is 4.57 Å². The van der Waals surface area contributed by atoms with Crippen LogP contribution in [0.5, 0.6) is 0 Å². The molecule has 5 nitrogen and oxygen atoms in total. The molecule has 4 rings (SSSR count). The van der Waals surface area contributed by atoms with Crippen molar-refractivity contribution in [3.05, 3.63) is 65.0 Å². The fraction of sp³-hybridized carbons (Fsp3) is 0.409. The van der Waals surface area contributed by atoms with Crippen molar-refractivity contribution in [1.29, 1.82) is 0 Å². The fourth-order valence-electron chi connectivity index (χ4n) is 3.93. The molecule has 3 aromatic heterocycles. The third-order valence-electron chi connectivity index (χ3n) is 5.40. The molecule has 0 spiro atoms. The molecule has 0 aliphatic heterocycles. The highest BCUT2D eigenvalue weighted by molar-refractivity contribution is 5.57. The quantitative estimate of drug-likeness (QED) is 0.659. The Balaban J connectivity index is 1.52. The fourth-order valence-corrected chi connectivity index (χ4v) is 3.93. The van der Waals surface area contributed by atoms with Crippen LogP contribution >= 0.6 is 0 Å². The van der Waals surface area contributed by atoms with Crippen molar-refractivity contribution in [2.75, 3.05) is 0 Å². The summed E-state index contributed by atoms with van der Waals surface area (Å²) < 4.78 is 3.53. The van der Waals surface area contributed by atoms with E-state index in [9.17, 15) is 4.79 Å². The minimum atomic E-state index is 0.0208. The normalized spacial score (nSPS) is 14.7. The van der Waals surface area contributed by atoms with Crippen molar-refractivity contribution < 1.29 is 0 Å². The number of aromatic nitrogens is 4. The summed E-state index contributed by atoms with van der Waals surface area (Å²) in [6, 6.07) is 7.69. The van der Waals surface area contributed by atoms with Crippen LogP contribution in [0.4, 0.5) is 0 Å². The van der Waals surface area contributed by atoms with Gasteiger partial charge in [-0.3, -0.25) is 9.78 Å². The SMILES string of the molecule is CCCn1cc(-n2cc(-c3ccc(CC4CCCC4)cn3)cn2)ccc1=O. The number of rotatable bonds is 6. The smallest absolute Gasteiger partial charge is 0.250 e. The summed E-state index contributed by atoms with van der Waals surface area (Å²) in [5.74, 6) is 0.833. The first kappa shape index (κ1) is 17.7. The minimum absolute atomic E-state index is 0.0208. The monoisotopic (exact) mass is 362 g/mol. The van der Waals surface area contributed by atoms with Gasteiger partial charge in [-0.1, -0.05) is 38.7 Å². The van der Waals surface area contributed by atoms with Crippen LogP contribution in [0.3, 0.4) is 0 Å². The highest BCUT2D eigenvalue weighted by atomic mass is 16.1. The van der Waals surface area contributed by atoms with Crippen molar-refractivity contribution >= 4 is 0 Å². The second-order valence-corrected chi connectivity index (χ2v) is 7.50. The largest absolute Gasteiger partial charge is 0.313 e. The number of nitrogens with zero attached hydrogens (tertiary/aromatic N) is 4. The van der Waals surface area contributed by atoms with Gasteiger partial charge in [0.25, 0.3) is 5.56 Å². The van der Waals surface area contributed by atoms with E-state index in [1.807, 2.05) is 30.9 Å². The molecule has 0 radical (unpaired) electrons. The van der Waals surface area contributed by atoms with Crippen LogP contribution in [0.1, 0.15) is 44.6 Å². The lowest BCUT2D eigenvalue weighted by Crippen LogP contribution is -2.19. The van der Waals surface area contributed by atoms with Gasteiger partial charge in [0.15, 0.2) is 0 Å². The van der Waals surface area contributed by atoms with Crippen molar-refractivity contribution in [2.45, 2.75) is 52.0 Å². The van der Waals surface area contributed by atoms with E-state index in [0.29, 0.717) is 6.54 Å². The van der Waals surface area contributed by atoms with E-state index in [4.69, 9.17) is 0 Å². The Labute approximate surface area is 159 Å². The molecule has 0 N–H and O–H groups in total. The van der Waals surface area contributed by atoms with Gasteiger partial charge in [0, 0.05) is 36.8 Å². The summed E-state index contributed by atoms with van der Waals surface area (Å²) in [6.45, 7) is 2.78. The van der Waals surface area contributed by atoms with Crippen LogP contribution in [-0.2, 0) is 13.0 Å². The van der Waals surface area contributed by atoms with E-state index in [1.165, 1.54) is 31.2 Å². The Morgan fingerprint density at radius 3 is 2.67 bits per heavy atom. The van der Waals surface area contributed by atoms with E-state index in [1.54, 1.807) is 15.3 Å². The van der Waals surface area contributed by atoms with E-state index in [2.05, 4.69) is 29.1 Å². The lowest BCUT2D eigenvalue weighted by atomic mass is 9.99. The molecular formula is C22H26N4O. The average Bonchev–Trinajstić information content (AvgIpc) is 3.37. The predicted molar refractivity (Wildman–Crippen MR) is 107 cm³/mol. The lowest BCUT2D eigenvalue weighted by molar-refractivity contribution is 0.545. The summed E-state index contributed by atoms with van der Waals surface area (Å²) in [7, 11) is 0. The van der Waals surface area contributed by atoms with Crippen LogP contribution in [0, 0.1) is 5.92 Å². The summed E-state index contributed by atoms with van der Waals surface area (Å²) >= 11 is 0. The van der Waals surface area contributed by atoms with Crippen molar-refractivity contribution in [3.8, 4) is 16.9 Å². The molecule has 5 heteroatoms. The molecule has 3 aromatic rings. The first-order valence-electron chi connectivity index (χ1n) is 9.94. The molecule has 0 aromatic carbocycles. The molecule has 1 saturated carbocycles. The third-order valence-corrected chi connectivity index (χ3v) is 5.40. The predicted octanol–water partition coefficient (Wildman–Crippen LogP) is 4.24. The van der Waals surface area contributed by atoms with Gasteiger partial charge in [0.05, 0.1) is 17.6 Å². The second-order valence-electron chi connectivity index (χ2n) is 7.50. The van der Waals surface area contributed by atoms with Crippen molar-refractivity contribution in [2.24, 2.45) is 5.92 Å². The molecule has 0 amide bonds. The summed E-state index contributed by atoms with van der Waals surface area (Å²) in [4.78, 5) is 16.5. The Hall–Kier alpha value is -2.69. The zero-order chi connectivity index (χ0) is 18.6. The van der Waals surface area contributed by atoms with E-state index in [0.717, 1.165) is 35.7 Å². The average molecular weight is 362 g/mol. The maximum atomic E-state index is 11.9. The minimum Gasteiger partial charge on any atom is -0.313 e. The van der Waals surface area contributed by atoms with Gasteiger partial charge in [-0.15, -0.1) is 0 Å². The zero-order valence-electron chi connectivity index (χ0n) is 15.8. The van der Waals surface area contributed by atoms with E-state index in [-0.39, 0.29) is 5.56 Å². The molecule has 1 aliphatic rings.